The molecule has 2 atom stereocenters. The first-order valence-electron chi connectivity index (χ1n) is 7.90. The molecule has 2 aliphatic carbocycles. The van der Waals surface area contributed by atoms with Gasteiger partial charge in [0.05, 0.1) is 6.61 Å². The van der Waals surface area contributed by atoms with E-state index in [0.29, 0.717) is 11.5 Å². The summed E-state index contributed by atoms with van der Waals surface area (Å²) in [5, 5.41) is 0. The molecule has 0 amide bonds. The Morgan fingerprint density at radius 2 is 2.00 bits per heavy atom. The highest BCUT2D eigenvalue weighted by atomic mass is 16.5. The summed E-state index contributed by atoms with van der Waals surface area (Å²) in [4.78, 5) is 2.70. The summed E-state index contributed by atoms with van der Waals surface area (Å²) in [7, 11) is 1.80. The number of methoxy groups -OCH3 is 1. The van der Waals surface area contributed by atoms with Crippen molar-refractivity contribution in [2.75, 3.05) is 26.8 Å². The van der Waals surface area contributed by atoms with Crippen molar-refractivity contribution in [1.29, 1.82) is 0 Å². The van der Waals surface area contributed by atoms with Gasteiger partial charge < -0.3 is 10.5 Å². The summed E-state index contributed by atoms with van der Waals surface area (Å²) in [6.07, 6.45) is 6.57. The van der Waals surface area contributed by atoms with Gasteiger partial charge in [-0.05, 0) is 50.4 Å². The molecule has 0 heterocycles. The standard InChI is InChI=1S/C16H32N2O/c1-13(14-5-6-14)18(9-10-19-4)16(12-17)8-7-15(2,3)11-16/h13-14H,5-12,17H2,1-4H3. The van der Waals surface area contributed by atoms with Crippen molar-refractivity contribution in [3.8, 4) is 0 Å². The van der Waals surface area contributed by atoms with Gasteiger partial charge in [-0.3, -0.25) is 4.90 Å². The Balaban J connectivity index is 2.14. The van der Waals surface area contributed by atoms with Gasteiger partial charge in [0.2, 0.25) is 0 Å². The third kappa shape index (κ3) is 3.32. The van der Waals surface area contributed by atoms with Crippen LogP contribution in [0, 0.1) is 11.3 Å². The SMILES string of the molecule is COCCN(C(C)C1CC1)C1(CN)CCC(C)(C)C1. The zero-order valence-corrected chi connectivity index (χ0v) is 13.2. The maximum atomic E-state index is 6.24. The first kappa shape index (κ1) is 15.3. The van der Waals surface area contributed by atoms with E-state index in [1.54, 1.807) is 7.11 Å². The Hall–Kier alpha value is -0.120. The van der Waals surface area contributed by atoms with Crippen LogP contribution in [-0.2, 0) is 4.74 Å². The molecule has 0 aliphatic heterocycles. The molecule has 0 saturated heterocycles. The van der Waals surface area contributed by atoms with Gasteiger partial charge in [0, 0.05) is 31.8 Å². The highest BCUT2D eigenvalue weighted by Gasteiger charge is 2.49. The van der Waals surface area contributed by atoms with E-state index in [4.69, 9.17) is 10.5 Å². The predicted octanol–water partition coefficient (Wildman–Crippen LogP) is 2.64. The lowest BCUT2D eigenvalue weighted by Crippen LogP contribution is -2.57. The summed E-state index contributed by atoms with van der Waals surface area (Å²) in [5.74, 6) is 0.893. The topological polar surface area (TPSA) is 38.5 Å². The molecule has 0 aromatic heterocycles. The first-order chi connectivity index (χ1) is 8.94. The average Bonchev–Trinajstić information content (AvgIpc) is 3.15. The van der Waals surface area contributed by atoms with E-state index in [-0.39, 0.29) is 5.54 Å². The second-order valence-corrected chi connectivity index (χ2v) is 7.53. The van der Waals surface area contributed by atoms with Crippen LogP contribution in [0.25, 0.3) is 0 Å². The Bertz CT molecular complexity index is 301. The third-order valence-electron chi connectivity index (χ3n) is 5.40. The van der Waals surface area contributed by atoms with Crippen molar-refractivity contribution in [1.82, 2.24) is 4.90 Å². The van der Waals surface area contributed by atoms with E-state index in [1.807, 2.05) is 0 Å². The monoisotopic (exact) mass is 268 g/mol. The van der Waals surface area contributed by atoms with E-state index >= 15 is 0 Å². The molecule has 0 spiro atoms. The van der Waals surface area contributed by atoms with Gasteiger partial charge in [-0.15, -0.1) is 0 Å². The van der Waals surface area contributed by atoms with Crippen molar-refractivity contribution >= 4 is 0 Å². The first-order valence-corrected chi connectivity index (χ1v) is 7.90. The molecular weight excluding hydrogens is 236 g/mol. The molecule has 2 rings (SSSR count). The second-order valence-electron chi connectivity index (χ2n) is 7.53. The highest BCUT2D eigenvalue weighted by molar-refractivity contribution is 5.05. The lowest BCUT2D eigenvalue weighted by molar-refractivity contribution is 0.0187. The van der Waals surface area contributed by atoms with Gasteiger partial charge in [0.15, 0.2) is 0 Å². The minimum atomic E-state index is 0.212. The molecule has 2 N–H and O–H groups in total. The molecule has 3 nitrogen and oxygen atoms in total. The summed E-state index contributed by atoms with van der Waals surface area (Å²) in [5.41, 5.74) is 6.89. The minimum absolute atomic E-state index is 0.212. The van der Waals surface area contributed by atoms with E-state index < -0.39 is 0 Å². The van der Waals surface area contributed by atoms with Crippen molar-refractivity contribution in [3.05, 3.63) is 0 Å². The lowest BCUT2D eigenvalue weighted by Gasteiger charge is -2.45. The van der Waals surface area contributed by atoms with Crippen LogP contribution >= 0.6 is 0 Å². The molecule has 0 aromatic carbocycles. The maximum Gasteiger partial charge on any atom is 0.0590 e. The van der Waals surface area contributed by atoms with E-state index in [1.165, 1.54) is 32.1 Å². The Morgan fingerprint density at radius 3 is 2.42 bits per heavy atom. The quantitative estimate of drug-likeness (QED) is 0.771. The number of nitrogens with two attached hydrogens (primary N) is 1. The van der Waals surface area contributed by atoms with Crippen LogP contribution < -0.4 is 5.73 Å². The molecule has 19 heavy (non-hydrogen) atoms. The molecular formula is C16H32N2O. The molecule has 0 bridgehead atoms. The fourth-order valence-corrected chi connectivity index (χ4v) is 4.07. The van der Waals surface area contributed by atoms with Crippen LogP contribution in [0.5, 0.6) is 0 Å². The summed E-state index contributed by atoms with van der Waals surface area (Å²) >= 11 is 0. The van der Waals surface area contributed by atoms with E-state index in [2.05, 4.69) is 25.7 Å². The van der Waals surface area contributed by atoms with Crippen molar-refractivity contribution < 1.29 is 4.74 Å². The molecule has 0 aromatic rings. The van der Waals surface area contributed by atoms with Crippen LogP contribution in [0.3, 0.4) is 0 Å². The van der Waals surface area contributed by atoms with Gasteiger partial charge in [0.25, 0.3) is 0 Å². The Labute approximate surface area is 118 Å². The van der Waals surface area contributed by atoms with E-state index in [0.717, 1.165) is 25.6 Å². The van der Waals surface area contributed by atoms with Crippen LogP contribution in [-0.4, -0.2) is 43.3 Å². The fourth-order valence-electron chi connectivity index (χ4n) is 4.07. The van der Waals surface area contributed by atoms with Gasteiger partial charge in [-0.2, -0.15) is 0 Å². The fraction of sp³-hybridized carbons (Fsp3) is 1.00. The molecule has 112 valence electrons. The smallest absolute Gasteiger partial charge is 0.0590 e. The molecule has 2 fully saturated rings. The second kappa shape index (κ2) is 5.71. The van der Waals surface area contributed by atoms with Crippen molar-refractivity contribution in [2.24, 2.45) is 17.1 Å². The van der Waals surface area contributed by atoms with Crippen LogP contribution in [0.4, 0.5) is 0 Å². The zero-order valence-electron chi connectivity index (χ0n) is 13.2. The Morgan fingerprint density at radius 1 is 1.32 bits per heavy atom. The minimum Gasteiger partial charge on any atom is -0.383 e. The number of nitrogens with zero attached hydrogens (tertiary/aromatic N) is 1. The normalized spacial score (nSPS) is 31.9. The van der Waals surface area contributed by atoms with Crippen molar-refractivity contribution in [3.63, 3.8) is 0 Å². The molecule has 3 heteroatoms. The van der Waals surface area contributed by atoms with Gasteiger partial charge >= 0.3 is 0 Å². The molecule has 2 saturated carbocycles. The maximum absolute atomic E-state index is 6.24. The van der Waals surface area contributed by atoms with E-state index in [9.17, 15) is 0 Å². The summed E-state index contributed by atoms with van der Waals surface area (Å²) < 4.78 is 5.34. The van der Waals surface area contributed by atoms with Gasteiger partial charge in [-0.25, -0.2) is 0 Å². The van der Waals surface area contributed by atoms with Gasteiger partial charge in [0.1, 0.15) is 0 Å². The average molecular weight is 268 g/mol. The number of hydrogen-bond acceptors (Lipinski definition) is 3. The number of rotatable bonds is 7. The lowest BCUT2D eigenvalue weighted by atomic mass is 9.85. The third-order valence-corrected chi connectivity index (χ3v) is 5.40. The predicted molar refractivity (Wildman–Crippen MR) is 80.2 cm³/mol. The van der Waals surface area contributed by atoms with Crippen molar-refractivity contribution in [2.45, 2.75) is 64.5 Å². The van der Waals surface area contributed by atoms with Crippen LogP contribution in [0.1, 0.15) is 52.9 Å². The molecule has 2 unspecified atom stereocenters. The molecule has 2 aliphatic rings. The summed E-state index contributed by atoms with van der Waals surface area (Å²) in [6.45, 7) is 9.81. The Kier molecular flexibility index (Phi) is 4.59. The summed E-state index contributed by atoms with van der Waals surface area (Å²) in [6, 6.07) is 0.660. The highest BCUT2D eigenvalue weighted by Crippen LogP contribution is 2.48. The van der Waals surface area contributed by atoms with Crippen LogP contribution in [0.2, 0.25) is 0 Å². The zero-order chi connectivity index (χ0) is 14.1. The van der Waals surface area contributed by atoms with Gasteiger partial charge in [-0.1, -0.05) is 13.8 Å². The molecule has 0 radical (unpaired) electrons. The number of hydrogen-bond donors (Lipinski definition) is 1. The number of ether oxygens (including phenoxy) is 1. The largest absolute Gasteiger partial charge is 0.383 e. The van der Waals surface area contributed by atoms with Crippen LogP contribution in [0.15, 0.2) is 0 Å².